The monoisotopic (exact) mass is 388 g/mol. The van der Waals surface area contributed by atoms with Crippen LogP contribution in [0.3, 0.4) is 0 Å². The molecule has 120 valence electrons. The summed E-state index contributed by atoms with van der Waals surface area (Å²) in [7, 11) is -1.47. The second-order valence-electron chi connectivity index (χ2n) is 6.98. The minimum absolute atomic E-state index is 0. The Balaban J connectivity index is 0.00000121. The molecule has 4 heteroatoms. The molecular weight excluding hydrogens is 363 g/mol. The van der Waals surface area contributed by atoms with Gasteiger partial charge in [0.1, 0.15) is 0 Å². The van der Waals surface area contributed by atoms with E-state index in [0.717, 1.165) is 11.8 Å². The maximum absolute atomic E-state index is 2.64. The van der Waals surface area contributed by atoms with Crippen LogP contribution in [0.2, 0.25) is 13.1 Å². The van der Waals surface area contributed by atoms with Gasteiger partial charge >= 0.3 is 134 Å². The number of hydrogen-bond acceptors (Lipinski definition) is 0. The summed E-state index contributed by atoms with van der Waals surface area (Å²) >= 11 is -0.0747. The molecule has 0 aromatic carbocycles. The van der Waals surface area contributed by atoms with Gasteiger partial charge in [0, 0.05) is 0 Å². The molecule has 22 heavy (non-hydrogen) atoms. The molecule has 2 unspecified atom stereocenters. The molecule has 0 aromatic heterocycles. The SMILES string of the molecule is CCC1=[C]2[Ti+2][C]3=C(CC)C(=CC3C)[Si](C)(C)C1=CC2C.[Cl-].[Cl-]. The van der Waals surface area contributed by atoms with Gasteiger partial charge in [-0.3, -0.25) is 0 Å². The predicted octanol–water partition coefficient (Wildman–Crippen LogP) is -0.642. The van der Waals surface area contributed by atoms with Crippen molar-refractivity contribution in [2.75, 3.05) is 0 Å². The molecule has 2 aliphatic carbocycles. The van der Waals surface area contributed by atoms with Crippen LogP contribution in [0.1, 0.15) is 40.5 Å². The van der Waals surface area contributed by atoms with E-state index < -0.39 is 8.07 Å². The van der Waals surface area contributed by atoms with E-state index >= 15 is 0 Å². The first-order valence-corrected chi connectivity index (χ1v) is 12.7. The van der Waals surface area contributed by atoms with Crippen LogP contribution in [-0.4, -0.2) is 8.07 Å². The molecule has 0 aromatic rings. The summed E-state index contributed by atoms with van der Waals surface area (Å²) in [6.45, 7) is 14.8. The molecule has 0 amide bonds. The van der Waals surface area contributed by atoms with Crippen molar-refractivity contribution in [2.45, 2.75) is 53.6 Å². The molecule has 0 saturated carbocycles. The first-order valence-electron chi connectivity index (χ1n) is 8.10. The van der Waals surface area contributed by atoms with Gasteiger partial charge in [0.15, 0.2) is 0 Å². The second kappa shape index (κ2) is 7.15. The van der Waals surface area contributed by atoms with Gasteiger partial charge in [0.25, 0.3) is 0 Å². The molecule has 3 rings (SSSR count). The van der Waals surface area contributed by atoms with Gasteiger partial charge in [-0.2, -0.15) is 0 Å². The third kappa shape index (κ3) is 2.82. The molecule has 1 aliphatic heterocycles. The second-order valence-corrected chi connectivity index (χ2v) is 13.4. The molecule has 3 aliphatic rings. The van der Waals surface area contributed by atoms with E-state index in [9.17, 15) is 0 Å². The molecule has 0 N–H and O–H groups in total. The van der Waals surface area contributed by atoms with Crippen LogP contribution in [0.15, 0.2) is 41.4 Å². The third-order valence-electron chi connectivity index (χ3n) is 5.37. The van der Waals surface area contributed by atoms with Crippen LogP contribution >= 0.6 is 0 Å². The Kier molecular flexibility index (Phi) is 6.67. The van der Waals surface area contributed by atoms with E-state index in [4.69, 9.17) is 0 Å². The van der Waals surface area contributed by atoms with Crippen LogP contribution < -0.4 is 24.8 Å². The Bertz CT molecular complexity index is 546. The van der Waals surface area contributed by atoms with Crippen molar-refractivity contribution in [1.29, 1.82) is 0 Å². The first-order chi connectivity index (χ1) is 9.41. The van der Waals surface area contributed by atoms with Crippen molar-refractivity contribution in [3.8, 4) is 0 Å². The van der Waals surface area contributed by atoms with Crippen molar-refractivity contribution in [3.05, 3.63) is 41.4 Å². The van der Waals surface area contributed by atoms with Crippen LogP contribution in [0.25, 0.3) is 0 Å². The average Bonchev–Trinajstić information content (AvgIpc) is 2.90. The zero-order valence-corrected chi connectivity index (χ0v) is 18.6. The molecule has 2 atom stereocenters. The van der Waals surface area contributed by atoms with Gasteiger partial charge in [-0.1, -0.05) is 0 Å². The number of allylic oxidation sites excluding steroid dienone is 8. The maximum Gasteiger partial charge on any atom is -1.00 e. The van der Waals surface area contributed by atoms with Gasteiger partial charge in [-0.15, -0.1) is 0 Å². The summed E-state index contributed by atoms with van der Waals surface area (Å²) in [5.74, 6) is 1.45. The maximum atomic E-state index is 2.64. The van der Waals surface area contributed by atoms with Gasteiger partial charge in [-0.05, 0) is 0 Å². The molecule has 0 nitrogen and oxygen atoms in total. The van der Waals surface area contributed by atoms with Gasteiger partial charge < -0.3 is 24.8 Å². The Labute approximate surface area is 158 Å². The van der Waals surface area contributed by atoms with E-state index in [1.165, 1.54) is 12.8 Å². The van der Waals surface area contributed by atoms with Gasteiger partial charge in [-0.25, -0.2) is 0 Å². The molecule has 0 radical (unpaired) electrons. The summed E-state index contributed by atoms with van der Waals surface area (Å²) in [4.78, 5) is 0. The average molecular weight is 389 g/mol. The molecule has 4 bridgehead atoms. The fourth-order valence-corrected chi connectivity index (χ4v) is 11.3. The van der Waals surface area contributed by atoms with E-state index in [-0.39, 0.29) is 44.0 Å². The quantitative estimate of drug-likeness (QED) is 0.552. The minimum Gasteiger partial charge on any atom is -1.00 e. The fraction of sp³-hybridized carbons (Fsp3) is 0.556. The minimum atomic E-state index is -1.47. The van der Waals surface area contributed by atoms with Crippen molar-refractivity contribution in [1.82, 2.24) is 0 Å². The molecule has 0 spiro atoms. The topological polar surface area (TPSA) is 0 Å². The molecule has 1 heterocycles. The van der Waals surface area contributed by atoms with E-state index in [1.807, 2.05) is 7.76 Å². The number of rotatable bonds is 2. The van der Waals surface area contributed by atoms with Crippen molar-refractivity contribution in [3.63, 3.8) is 0 Å². The van der Waals surface area contributed by atoms with Crippen molar-refractivity contribution >= 4 is 8.07 Å². The van der Waals surface area contributed by atoms with Gasteiger partial charge in [0.2, 0.25) is 0 Å². The van der Waals surface area contributed by atoms with E-state index in [1.54, 1.807) is 21.5 Å². The normalized spacial score (nSPS) is 27.7. The first kappa shape index (κ1) is 20.5. The number of halogens is 2. The summed E-state index contributed by atoms with van der Waals surface area (Å²) < 4.78 is 3.73. The van der Waals surface area contributed by atoms with Crippen LogP contribution in [0.4, 0.5) is 0 Å². The number of fused-ring (bicyclic) bond motifs is 2. The van der Waals surface area contributed by atoms with Crippen LogP contribution in [0.5, 0.6) is 0 Å². The Morgan fingerprint density at radius 2 is 1.23 bits per heavy atom. The van der Waals surface area contributed by atoms with E-state index in [0.29, 0.717) is 0 Å². The zero-order chi connectivity index (χ0) is 14.7. The fourth-order valence-electron chi connectivity index (χ4n) is 4.31. The Morgan fingerprint density at radius 3 is 1.55 bits per heavy atom. The zero-order valence-electron chi connectivity index (χ0n) is 14.5. The van der Waals surface area contributed by atoms with Gasteiger partial charge in [0.05, 0.1) is 0 Å². The summed E-state index contributed by atoms with van der Waals surface area (Å²) in [6.07, 6.45) is 7.79. The third-order valence-corrected chi connectivity index (χ3v) is 12.2. The summed E-state index contributed by atoms with van der Waals surface area (Å²) in [6, 6.07) is 0. The van der Waals surface area contributed by atoms with Crippen LogP contribution in [-0.2, 0) is 19.2 Å². The molecular formula is C18H26Cl2SiTi. The van der Waals surface area contributed by atoms with E-state index in [2.05, 4.69) is 52.9 Å². The van der Waals surface area contributed by atoms with Crippen molar-refractivity contribution < 1.29 is 44.0 Å². The smallest absolute Gasteiger partial charge is 1.00 e. The van der Waals surface area contributed by atoms with Crippen molar-refractivity contribution in [2.24, 2.45) is 11.8 Å². The summed E-state index contributed by atoms with van der Waals surface area (Å²) in [5.41, 5.74) is 3.56. The largest absolute Gasteiger partial charge is 1.00 e. The Morgan fingerprint density at radius 1 is 0.864 bits per heavy atom. The number of hydrogen-bond donors (Lipinski definition) is 0. The predicted molar refractivity (Wildman–Crippen MR) is 86.6 cm³/mol. The Hall–Kier alpha value is 0.471. The summed E-state index contributed by atoms with van der Waals surface area (Å²) in [5, 5.41) is 3.58. The standard InChI is InChI=1S/C18H26Si.2ClH.Ti/c1-7-15-9-13(3)11-17(15)19(5,6)18-12-14(4)10-16(18)8-2;;;/h11-14H,7-8H2,1-6H3;2*1H;/q;;;+2/p-2. The molecule has 0 saturated heterocycles. The molecule has 0 fully saturated rings. The van der Waals surface area contributed by atoms with Crippen LogP contribution in [0, 0.1) is 11.8 Å².